The number of aryl methyl sites for hydroxylation is 2. The van der Waals surface area contributed by atoms with Gasteiger partial charge in [0.25, 0.3) is 5.91 Å². The van der Waals surface area contributed by atoms with Crippen LogP contribution in [-0.4, -0.2) is 5.91 Å². The Morgan fingerprint density at radius 1 is 1.15 bits per heavy atom. The van der Waals surface area contributed by atoms with Crippen LogP contribution in [0.25, 0.3) is 0 Å². The third-order valence-electron chi connectivity index (χ3n) is 2.93. The number of carbonyl (C=O) groups excluding carboxylic acids is 1. The van der Waals surface area contributed by atoms with Gasteiger partial charge in [-0.3, -0.25) is 4.79 Å². The van der Waals surface area contributed by atoms with Crippen molar-refractivity contribution < 1.29 is 13.6 Å². The molecule has 0 bridgehead atoms. The molecule has 0 atom stereocenters. The van der Waals surface area contributed by atoms with Crippen LogP contribution in [0.3, 0.4) is 0 Å². The molecule has 0 heterocycles. The SMILES string of the molecule is Cc1cc(Br)cc(C)c1NC(=O)c1cccc(F)c1F. The first kappa shape index (κ1) is 14.7. The number of hydrogen-bond donors (Lipinski definition) is 1. The van der Waals surface area contributed by atoms with Crippen LogP contribution < -0.4 is 5.32 Å². The van der Waals surface area contributed by atoms with Gasteiger partial charge in [0.2, 0.25) is 0 Å². The van der Waals surface area contributed by atoms with Gasteiger partial charge in [-0.1, -0.05) is 22.0 Å². The van der Waals surface area contributed by atoms with Crippen molar-refractivity contribution in [3.05, 3.63) is 63.1 Å². The first-order valence-corrected chi connectivity index (χ1v) is 6.71. The fourth-order valence-electron chi connectivity index (χ4n) is 1.97. The van der Waals surface area contributed by atoms with Gasteiger partial charge in [-0.25, -0.2) is 8.78 Å². The number of rotatable bonds is 2. The molecule has 0 fully saturated rings. The highest BCUT2D eigenvalue weighted by Crippen LogP contribution is 2.26. The molecule has 2 aromatic rings. The summed E-state index contributed by atoms with van der Waals surface area (Å²) in [6.07, 6.45) is 0. The van der Waals surface area contributed by atoms with E-state index in [1.165, 1.54) is 12.1 Å². The number of carbonyl (C=O) groups is 1. The van der Waals surface area contributed by atoms with Crippen LogP contribution in [0.2, 0.25) is 0 Å². The average Bonchev–Trinajstić information content (AvgIpc) is 2.36. The maximum absolute atomic E-state index is 13.6. The van der Waals surface area contributed by atoms with Crippen molar-refractivity contribution in [1.82, 2.24) is 0 Å². The second kappa shape index (κ2) is 5.71. The molecule has 2 rings (SSSR count). The molecule has 0 unspecified atom stereocenters. The molecule has 5 heteroatoms. The second-order valence-electron chi connectivity index (χ2n) is 4.47. The predicted molar refractivity (Wildman–Crippen MR) is 77.9 cm³/mol. The third kappa shape index (κ3) is 2.88. The van der Waals surface area contributed by atoms with Gasteiger partial charge >= 0.3 is 0 Å². The summed E-state index contributed by atoms with van der Waals surface area (Å²) >= 11 is 3.36. The molecule has 0 aliphatic heterocycles. The van der Waals surface area contributed by atoms with Crippen LogP contribution in [0.15, 0.2) is 34.8 Å². The number of anilines is 1. The zero-order valence-corrected chi connectivity index (χ0v) is 12.5. The molecule has 0 aromatic heterocycles. The van der Waals surface area contributed by atoms with E-state index in [-0.39, 0.29) is 5.56 Å². The van der Waals surface area contributed by atoms with Crippen molar-refractivity contribution in [2.45, 2.75) is 13.8 Å². The Kier molecular flexibility index (Phi) is 4.18. The van der Waals surface area contributed by atoms with Crippen molar-refractivity contribution in [1.29, 1.82) is 0 Å². The molecule has 0 saturated carbocycles. The maximum Gasteiger partial charge on any atom is 0.258 e. The Morgan fingerprint density at radius 2 is 1.75 bits per heavy atom. The maximum atomic E-state index is 13.6. The zero-order valence-electron chi connectivity index (χ0n) is 10.9. The minimum Gasteiger partial charge on any atom is -0.321 e. The highest BCUT2D eigenvalue weighted by molar-refractivity contribution is 9.10. The Hall–Kier alpha value is -1.75. The van der Waals surface area contributed by atoms with E-state index >= 15 is 0 Å². The van der Waals surface area contributed by atoms with E-state index in [4.69, 9.17) is 0 Å². The van der Waals surface area contributed by atoms with Gasteiger partial charge in [-0.15, -0.1) is 0 Å². The summed E-state index contributed by atoms with van der Waals surface area (Å²) in [5, 5.41) is 2.62. The lowest BCUT2D eigenvalue weighted by Crippen LogP contribution is -2.16. The molecular weight excluding hydrogens is 328 g/mol. The van der Waals surface area contributed by atoms with Crippen LogP contribution in [0, 0.1) is 25.5 Å². The van der Waals surface area contributed by atoms with E-state index in [0.29, 0.717) is 5.69 Å². The van der Waals surface area contributed by atoms with Crippen molar-refractivity contribution in [2.75, 3.05) is 5.32 Å². The molecule has 0 spiro atoms. The lowest BCUT2D eigenvalue weighted by Gasteiger charge is -2.12. The lowest BCUT2D eigenvalue weighted by atomic mass is 10.1. The Bertz CT molecular complexity index is 663. The largest absolute Gasteiger partial charge is 0.321 e. The Labute approximate surface area is 123 Å². The fourth-order valence-corrected chi connectivity index (χ4v) is 2.65. The van der Waals surface area contributed by atoms with Crippen molar-refractivity contribution in [2.24, 2.45) is 0 Å². The summed E-state index contributed by atoms with van der Waals surface area (Å²) in [6, 6.07) is 7.20. The van der Waals surface area contributed by atoms with E-state index in [2.05, 4.69) is 21.2 Å². The molecule has 20 heavy (non-hydrogen) atoms. The van der Waals surface area contributed by atoms with E-state index in [9.17, 15) is 13.6 Å². The van der Waals surface area contributed by atoms with Crippen molar-refractivity contribution >= 4 is 27.5 Å². The molecule has 104 valence electrons. The van der Waals surface area contributed by atoms with Crippen LogP contribution >= 0.6 is 15.9 Å². The van der Waals surface area contributed by atoms with E-state index in [1.54, 1.807) is 0 Å². The molecule has 0 saturated heterocycles. The topological polar surface area (TPSA) is 29.1 Å². The monoisotopic (exact) mass is 339 g/mol. The summed E-state index contributed by atoms with van der Waals surface area (Å²) in [6.45, 7) is 3.66. The van der Waals surface area contributed by atoms with E-state index < -0.39 is 17.5 Å². The quantitative estimate of drug-likeness (QED) is 0.851. The lowest BCUT2D eigenvalue weighted by molar-refractivity contribution is 0.102. The molecule has 1 amide bonds. The predicted octanol–water partition coefficient (Wildman–Crippen LogP) is 4.60. The van der Waals surface area contributed by atoms with Gasteiger partial charge in [0.15, 0.2) is 11.6 Å². The minimum atomic E-state index is -1.14. The molecule has 0 radical (unpaired) electrons. The Balaban J connectivity index is 2.36. The van der Waals surface area contributed by atoms with Crippen LogP contribution in [0.1, 0.15) is 21.5 Å². The summed E-state index contributed by atoms with van der Waals surface area (Å²) in [7, 11) is 0. The van der Waals surface area contributed by atoms with Gasteiger partial charge in [-0.05, 0) is 49.2 Å². The van der Waals surface area contributed by atoms with Crippen LogP contribution in [0.5, 0.6) is 0 Å². The first-order valence-electron chi connectivity index (χ1n) is 5.92. The van der Waals surface area contributed by atoms with E-state index in [1.807, 2.05) is 26.0 Å². The number of nitrogens with one attached hydrogen (secondary N) is 1. The summed E-state index contributed by atoms with van der Waals surface area (Å²) in [4.78, 5) is 12.0. The second-order valence-corrected chi connectivity index (χ2v) is 5.39. The molecule has 0 aliphatic rings. The summed E-state index contributed by atoms with van der Waals surface area (Å²) < 4.78 is 27.6. The van der Waals surface area contributed by atoms with Crippen molar-refractivity contribution in [3.63, 3.8) is 0 Å². The average molecular weight is 340 g/mol. The smallest absolute Gasteiger partial charge is 0.258 e. The zero-order chi connectivity index (χ0) is 14.9. The van der Waals surface area contributed by atoms with Gasteiger partial charge in [-0.2, -0.15) is 0 Å². The van der Waals surface area contributed by atoms with Gasteiger partial charge in [0.05, 0.1) is 5.56 Å². The summed E-state index contributed by atoms with van der Waals surface area (Å²) in [5.74, 6) is -2.85. The van der Waals surface area contributed by atoms with Crippen LogP contribution in [-0.2, 0) is 0 Å². The minimum absolute atomic E-state index is 0.313. The molecule has 2 nitrogen and oxygen atoms in total. The first-order chi connectivity index (χ1) is 9.40. The highest BCUT2D eigenvalue weighted by atomic mass is 79.9. The number of benzene rings is 2. The van der Waals surface area contributed by atoms with E-state index in [0.717, 1.165) is 21.7 Å². The molecule has 1 N–H and O–H groups in total. The Morgan fingerprint density at radius 3 is 2.35 bits per heavy atom. The van der Waals surface area contributed by atoms with Gasteiger partial charge in [0.1, 0.15) is 0 Å². The number of halogens is 3. The van der Waals surface area contributed by atoms with Crippen LogP contribution in [0.4, 0.5) is 14.5 Å². The van der Waals surface area contributed by atoms with Gasteiger partial charge in [0, 0.05) is 10.2 Å². The van der Waals surface area contributed by atoms with Crippen molar-refractivity contribution in [3.8, 4) is 0 Å². The number of hydrogen-bond acceptors (Lipinski definition) is 1. The number of amides is 1. The summed E-state index contributed by atoms with van der Waals surface area (Å²) in [5.41, 5.74) is 1.96. The standard InChI is InChI=1S/C15H12BrF2NO/c1-8-6-10(16)7-9(2)14(8)19-15(20)11-4-3-5-12(17)13(11)18/h3-7H,1-2H3,(H,19,20). The fraction of sp³-hybridized carbons (Fsp3) is 0.133. The van der Waals surface area contributed by atoms with Gasteiger partial charge < -0.3 is 5.32 Å². The normalized spacial score (nSPS) is 10.4. The molecule has 2 aromatic carbocycles. The third-order valence-corrected chi connectivity index (χ3v) is 3.39. The molecular formula is C15H12BrF2NO. The molecule has 0 aliphatic carbocycles. The highest BCUT2D eigenvalue weighted by Gasteiger charge is 2.16.